The summed E-state index contributed by atoms with van der Waals surface area (Å²) >= 11 is 6.71. The predicted octanol–water partition coefficient (Wildman–Crippen LogP) is 5.96. The highest BCUT2D eigenvalue weighted by atomic mass is 79.9. The highest BCUT2D eigenvalue weighted by molar-refractivity contribution is 9.10. The molecule has 3 heterocycles. The minimum atomic E-state index is -0.388. The predicted molar refractivity (Wildman–Crippen MR) is 110 cm³/mol. The summed E-state index contributed by atoms with van der Waals surface area (Å²) in [4.78, 5) is 0. The number of aromatic amines is 1. The first-order chi connectivity index (χ1) is 13.1. The summed E-state index contributed by atoms with van der Waals surface area (Å²) in [5, 5.41) is 12.1. The quantitative estimate of drug-likeness (QED) is 0.354. The summed E-state index contributed by atoms with van der Waals surface area (Å²) in [5.74, 6) is -0.388. The van der Waals surface area contributed by atoms with E-state index < -0.39 is 0 Å². The highest BCUT2D eigenvalue weighted by Crippen LogP contribution is 2.27. The van der Waals surface area contributed by atoms with Gasteiger partial charge in [-0.2, -0.15) is 14.6 Å². The van der Waals surface area contributed by atoms with Crippen LogP contribution in [0.2, 0.25) is 0 Å². The van der Waals surface area contributed by atoms with E-state index in [0.717, 1.165) is 32.9 Å². The van der Waals surface area contributed by atoms with Gasteiger partial charge >= 0.3 is 0 Å². The van der Waals surface area contributed by atoms with Gasteiger partial charge in [0.2, 0.25) is 5.95 Å². The number of hydrogen-bond donors (Lipinski definition) is 1. The fourth-order valence-corrected chi connectivity index (χ4v) is 3.86. The van der Waals surface area contributed by atoms with Gasteiger partial charge in [-0.3, -0.25) is 5.10 Å². The van der Waals surface area contributed by atoms with Gasteiger partial charge in [-0.05, 0) is 55.7 Å². The third-order valence-corrected chi connectivity index (χ3v) is 5.44. The van der Waals surface area contributed by atoms with Crippen LogP contribution in [0.3, 0.4) is 0 Å². The van der Waals surface area contributed by atoms with Gasteiger partial charge in [0.05, 0.1) is 22.6 Å². The molecule has 1 N–H and O–H groups in total. The third kappa shape index (κ3) is 4.07. The number of halogens is 3. The molecule has 2 aromatic carbocycles. The Balaban J connectivity index is 0.000000143. The van der Waals surface area contributed by atoms with Crippen LogP contribution in [0.25, 0.3) is 21.8 Å². The van der Waals surface area contributed by atoms with Crippen molar-refractivity contribution in [2.24, 2.45) is 0 Å². The van der Waals surface area contributed by atoms with Crippen molar-refractivity contribution in [3.8, 4) is 0 Å². The standard InChI is InChI=1S/C12H13BrN2O.C7H4BrFN2/c13-10-4-5-11-9(7-10)8-14-15(11)12-3-1-2-6-16-12;8-4-1-2-6-5(3-4)7(9)11-10-6/h4-5,7-8,12H,1-3,6H2;1-3H,(H,10,11). The highest BCUT2D eigenvalue weighted by Gasteiger charge is 2.18. The lowest BCUT2D eigenvalue weighted by atomic mass is 10.2. The summed E-state index contributed by atoms with van der Waals surface area (Å²) < 4.78 is 22.5. The van der Waals surface area contributed by atoms with Gasteiger partial charge in [0, 0.05) is 20.9 Å². The molecule has 0 radical (unpaired) electrons. The van der Waals surface area contributed by atoms with E-state index in [9.17, 15) is 4.39 Å². The largest absolute Gasteiger partial charge is 0.356 e. The number of aromatic nitrogens is 4. The van der Waals surface area contributed by atoms with Crippen molar-refractivity contribution in [3.63, 3.8) is 0 Å². The molecule has 1 aliphatic rings. The van der Waals surface area contributed by atoms with Crippen molar-refractivity contribution < 1.29 is 9.13 Å². The molecule has 5 nitrogen and oxygen atoms in total. The Morgan fingerprint density at radius 1 is 1.11 bits per heavy atom. The van der Waals surface area contributed by atoms with E-state index >= 15 is 0 Å². The number of ether oxygens (including phenoxy) is 1. The lowest BCUT2D eigenvalue weighted by Crippen LogP contribution is -2.18. The number of nitrogens with zero attached hydrogens (tertiary/aromatic N) is 3. The van der Waals surface area contributed by atoms with Crippen molar-refractivity contribution in [3.05, 3.63) is 57.5 Å². The number of benzene rings is 2. The Bertz CT molecular complexity index is 1070. The Kier molecular flexibility index (Phi) is 5.56. The second-order valence-corrected chi connectivity index (χ2v) is 8.14. The van der Waals surface area contributed by atoms with Crippen LogP contribution in [0.4, 0.5) is 4.39 Å². The van der Waals surface area contributed by atoms with Gasteiger partial charge < -0.3 is 4.74 Å². The maximum atomic E-state index is 12.8. The van der Waals surface area contributed by atoms with Crippen LogP contribution in [0.1, 0.15) is 25.5 Å². The zero-order valence-corrected chi connectivity index (χ0v) is 17.5. The topological polar surface area (TPSA) is 55.7 Å². The molecule has 27 heavy (non-hydrogen) atoms. The molecule has 1 unspecified atom stereocenters. The van der Waals surface area contributed by atoms with Crippen LogP contribution in [-0.4, -0.2) is 26.6 Å². The van der Waals surface area contributed by atoms with Crippen molar-refractivity contribution in [1.82, 2.24) is 20.0 Å². The summed E-state index contributed by atoms with van der Waals surface area (Å²) in [7, 11) is 0. The molecule has 1 atom stereocenters. The summed E-state index contributed by atoms with van der Waals surface area (Å²) in [6.45, 7) is 0.850. The van der Waals surface area contributed by atoms with E-state index in [1.165, 1.54) is 12.8 Å². The number of nitrogens with one attached hydrogen (secondary N) is 1. The molecule has 1 aliphatic heterocycles. The maximum absolute atomic E-state index is 12.8. The first kappa shape index (κ1) is 18.6. The Morgan fingerprint density at radius 3 is 2.74 bits per heavy atom. The second kappa shape index (κ2) is 8.08. The van der Waals surface area contributed by atoms with Crippen LogP contribution >= 0.6 is 31.9 Å². The lowest BCUT2D eigenvalue weighted by Gasteiger charge is -2.23. The van der Waals surface area contributed by atoms with E-state index in [1.54, 1.807) is 12.1 Å². The number of fused-ring (bicyclic) bond motifs is 2. The van der Waals surface area contributed by atoms with E-state index in [0.29, 0.717) is 10.9 Å². The normalized spacial score (nSPS) is 17.1. The average molecular weight is 496 g/mol. The second-order valence-electron chi connectivity index (χ2n) is 6.31. The minimum Gasteiger partial charge on any atom is -0.356 e. The first-order valence-corrected chi connectivity index (χ1v) is 10.2. The van der Waals surface area contributed by atoms with Crippen molar-refractivity contribution >= 4 is 53.7 Å². The van der Waals surface area contributed by atoms with Gasteiger partial charge in [0.1, 0.15) is 0 Å². The Morgan fingerprint density at radius 2 is 1.93 bits per heavy atom. The van der Waals surface area contributed by atoms with E-state index in [4.69, 9.17) is 4.74 Å². The minimum absolute atomic E-state index is 0.118. The smallest absolute Gasteiger partial charge is 0.216 e. The number of rotatable bonds is 1. The third-order valence-electron chi connectivity index (χ3n) is 4.46. The van der Waals surface area contributed by atoms with Crippen LogP contribution < -0.4 is 0 Å². The molecule has 0 spiro atoms. The van der Waals surface area contributed by atoms with Crippen molar-refractivity contribution in [2.45, 2.75) is 25.5 Å². The lowest BCUT2D eigenvalue weighted by molar-refractivity contribution is -0.0366. The molecule has 0 aliphatic carbocycles. The molecule has 140 valence electrons. The Labute approximate surface area is 172 Å². The molecule has 1 saturated heterocycles. The number of H-pyrrole nitrogens is 1. The van der Waals surface area contributed by atoms with Crippen LogP contribution in [-0.2, 0) is 4.74 Å². The van der Waals surface area contributed by atoms with E-state index in [-0.39, 0.29) is 12.2 Å². The molecule has 5 rings (SSSR count). The Hall–Kier alpha value is -1.77. The fourth-order valence-electron chi connectivity index (χ4n) is 3.12. The zero-order chi connectivity index (χ0) is 18.8. The van der Waals surface area contributed by atoms with Gasteiger partial charge in [-0.1, -0.05) is 31.9 Å². The summed E-state index contributed by atoms with van der Waals surface area (Å²) in [6.07, 6.45) is 5.47. The molecule has 1 fully saturated rings. The maximum Gasteiger partial charge on any atom is 0.216 e. The van der Waals surface area contributed by atoms with Gasteiger partial charge in [-0.15, -0.1) is 0 Å². The number of hydrogen-bond acceptors (Lipinski definition) is 3. The van der Waals surface area contributed by atoms with Crippen LogP contribution in [0.5, 0.6) is 0 Å². The van der Waals surface area contributed by atoms with Crippen LogP contribution in [0.15, 0.2) is 51.5 Å². The molecular weight excluding hydrogens is 479 g/mol. The van der Waals surface area contributed by atoms with E-state index in [2.05, 4.69) is 59.3 Å². The van der Waals surface area contributed by atoms with Crippen molar-refractivity contribution in [1.29, 1.82) is 0 Å². The van der Waals surface area contributed by atoms with Crippen molar-refractivity contribution in [2.75, 3.05) is 6.61 Å². The fraction of sp³-hybridized carbons (Fsp3) is 0.263. The molecular formula is C19H17Br2FN4O. The molecule has 0 saturated carbocycles. The molecule has 8 heteroatoms. The molecule has 0 amide bonds. The van der Waals surface area contributed by atoms with Gasteiger partial charge in [0.25, 0.3) is 0 Å². The summed E-state index contributed by atoms with van der Waals surface area (Å²) in [6, 6.07) is 11.5. The monoisotopic (exact) mass is 494 g/mol. The molecule has 0 bridgehead atoms. The van der Waals surface area contributed by atoms with Gasteiger partial charge in [-0.25, -0.2) is 4.68 Å². The zero-order valence-electron chi connectivity index (χ0n) is 14.3. The molecule has 2 aromatic heterocycles. The van der Waals surface area contributed by atoms with Crippen LogP contribution in [0, 0.1) is 5.95 Å². The first-order valence-electron chi connectivity index (χ1n) is 8.65. The van der Waals surface area contributed by atoms with Gasteiger partial charge in [0.15, 0.2) is 6.23 Å². The molecule has 4 aromatic rings. The van der Waals surface area contributed by atoms with E-state index in [1.807, 2.05) is 23.0 Å². The summed E-state index contributed by atoms with van der Waals surface area (Å²) in [5.41, 5.74) is 1.79. The SMILES string of the molecule is Brc1ccc2c(cnn2C2CCCCO2)c1.Fc1[nH]nc2ccc(Br)cc12. The average Bonchev–Trinajstić information content (AvgIpc) is 3.26.